The first kappa shape index (κ1) is 27.4. The molecular formula is C28H32N4O5S. The molecule has 2 aromatic carbocycles. The zero-order valence-electron chi connectivity index (χ0n) is 22.1. The standard InChI is InChI=1S/C28H32N4O5S/c1-5-6-25-31-32-26(29)22(27(33)30-28(32)38-25)16-20-8-10-23(24(17-20)34-4)37-14-12-35-11-13-36-21-9-7-18(2)19(3)15-21/h7-10,15-17,29H,5-6,11-14H2,1-4H3/b22-16-,29-26?. The molecule has 9 nitrogen and oxygen atoms in total. The van der Waals surface area contributed by atoms with Crippen LogP contribution in [0.3, 0.4) is 0 Å². The van der Waals surface area contributed by atoms with Crippen molar-refractivity contribution in [2.45, 2.75) is 33.6 Å². The van der Waals surface area contributed by atoms with Gasteiger partial charge in [-0.2, -0.15) is 15.1 Å². The van der Waals surface area contributed by atoms with Gasteiger partial charge in [-0.1, -0.05) is 19.1 Å². The largest absolute Gasteiger partial charge is 0.493 e. The molecule has 0 saturated carbocycles. The minimum atomic E-state index is -0.459. The van der Waals surface area contributed by atoms with Gasteiger partial charge in [0.2, 0.25) is 5.17 Å². The molecule has 4 rings (SSSR count). The van der Waals surface area contributed by atoms with Crippen LogP contribution in [0.15, 0.2) is 52.1 Å². The van der Waals surface area contributed by atoms with Crippen molar-refractivity contribution in [3.8, 4) is 17.2 Å². The van der Waals surface area contributed by atoms with E-state index in [-0.39, 0.29) is 11.4 Å². The van der Waals surface area contributed by atoms with Gasteiger partial charge in [-0.05, 0) is 85.5 Å². The Kier molecular flexibility index (Phi) is 9.19. The smallest absolute Gasteiger partial charge is 0.283 e. The first-order valence-corrected chi connectivity index (χ1v) is 13.3. The Bertz CT molecular complexity index is 1300. The molecule has 0 aliphatic carbocycles. The molecule has 0 saturated heterocycles. The van der Waals surface area contributed by atoms with Gasteiger partial charge in [0.15, 0.2) is 17.3 Å². The Morgan fingerprint density at radius 2 is 1.79 bits per heavy atom. The quantitative estimate of drug-likeness (QED) is 0.293. The van der Waals surface area contributed by atoms with Crippen LogP contribution in [0.4, 0.5) is 0 Å². The van der Waals surface area contributed by atoms with E-state index in [1.54, 1.807) is 31.4 Å². The second-order valence-corrected chi connectivity index (χ2v) is 9.77. The fourth-order valence-electron chi connectivity index (χ4n) is 3.74. The average Bonchev–Trinajstić information content (AvgIpc) is 3.31. The van der Waals surface area contributed by atoms with Crippen LogP contribution in [0.2, 0.25) is 0 Å². The molecule has 2 aliphatic heterocycles. The van der Waals surface area contributed by atoms with Crippen molar-refractivity contribution < 1.29 is 23.7 Å². The lowest BCUT2D eigenvalue weighted by molar-refractivity contribution is -0.114. The summed E-state index contributed by atoms with van der Waals surface area (Å²) in [7, 11) is 1.55. The normalized spacial score (nSPS) is 15.9. The zero-order chi connectivity index (χ0) is 27.1. The van der Waals surface area contributed by atoms with E-state index in [0.29, 0.717) is 48.7 Å². The van der Waals surface area contributed by atoms with Crippen molar-refractivity contribution in [1.29, 1.82) is 5.41 Å². The van der Waals surface area contributed by atoms with Crippen molar-refractivity contribution in [3.05, 3.63) is 58.7 Å². The van der Waals surface area contributed by atoms with Crippen LogP contribution in [-0.2, 0) is 9.53 Å². The average molecular weight is 537 g/mol. The second-order valence-electron chi connectivity index (χ2n) is 8.73. The Labute approximate surface area is 227 Å². The van der Waals surface area contributed by atoms with E-state index < -0.39 is 5.91 Å². The van der Waals surface area contributed by atoms with E-state index in [9.17, 15) is 4.79 Å². The number of amidine groups is 2. The predicted octanol–water partition coefficient (Wildman–Crippen LogP) is 5.21. The maximum absolute atomic E-state index is 12.6. The molecular weight excluding hydrogens is 504 g/mol. The Hall–Kier alpha value is -3.63. The Morgan fingerprint density at radius 1 is 1.00 bits per heavy atom. The van der Waals surface area contributed by atoms with Crippen molar-refractivity contribution in [2.75, 3.05) is 33.5 Å². The van der Waals surface area contributed by atoms with Gasteiger partial charge in [0.1, 0.15) is 24.0 Å². The van der Waals surface area contributed by atoms with Crippen molar-refractivity contribution in [2.24, 2.45) is 10.1 Å². The number of thioether (sulfide) groups is 1. The number of methoxy groups -OCH3 is 1. The number of ether oxygens (including phenoxy) is 4. The van der Waals surface area contributed by atoms with Crippen LogP contribution in [0.5, 0.6) is 17.2 Å². The summed E-state index contributed by atoms with van der Waals surface area (Å²) < 4.78 is 22.7. The minimum Gasteiger partial charge on any atom is -0.493 e. The number of carbonyl (C=O) groups excluding carboxylic acids is 1. The van der Waals surface area contributed by atoms with E-state index in [1.165, 1.54) is 27.9 Å². The summed E-state index contributed by atoms with van der Waals surface area (Å²) >= 11 is 1.34. The van der Waals surface area contributed by atoms with E-state index >= 15 is 0 Å². The zero-order valence-corrected chi connectivity index (χ0v) is 22.9. The third-order valence-electron chi connectivity index (χ3n) is 5.92. The number of nitrogens with zero attached hydrogens (tertiary/aromatic N) is 3. The molecule has 2 aliphatic rings. The third-order valence-corrected chi connectivity index (χ3v) is 6.89. The molecule has 0 unspecified atom stereocenters. The lowest BCUT2D eigenvalue weighted by Crippen LogP contribution is -2.35. The lowest BCUT2D eigenvalue weighted by atomic mass is 10.1. The fraction of sp³-hybridized carbons (Fsp3) is 0.357. The van der Waals surface area contributed by atoms with Crippen LogP contribution < -0.4 is 14.2 Å². The summed E-state index contributed by atoms with van der Waals surface area (Å²) in [5.74, 6) is 1.45. The monoisotopic (exact) mass is 536 g/mol. The van der Waals surface area contributed by atoms with Gasteiger partial charge >= 0.3 is 0 Å². The number of nitrogens with one attached hydrogen (secondary N) is 1. The number of hydrogen-bond acceptors (Lipinski definition) is 8. The molecule has 10 heteroatoms. The van der Waals surface area contributed by atoms with Crippen LogP contribution in [0.1, 0.15) is 36.5 Å². The highest BCUT2D eigenvalue weighted by atomic mass is 32.2. The molecule has 38 heavy (non-hydrogen) atoms. The number of carbonyl (C=O) groups is 1. The number of rotatable bonds is 12. The highest BCUT2D eigenvalue weighted by Gasteiger charge is 2.35. The Morgan fingerprint density at radius 3 is 2.53 bits per heavy atom. The molecule has 0 atom stereocenters. The van der Waals surface area contributed by atoms with Gasteiger partial charge in [-0.25, -0.2) is 0 Å². The van der Waals surface area contributed by atoms with Gasteiger partial charge in [0.05, 0.1) is 25.9 Å². The number of aliphatic imine (C=N–C) groups is 1. The first-order valence-electron chi connectivity index (χ1n) is 12.5. The number of benzene rings is 2. The molecule has 0 bridgehead atoms. The summed E-state index contributed by atoms with van der Waals surface area (Å²) in [6.07, 6.45) is 3.33. The van der Waals surface area contributed by atoms with E-state index in [1.807, 2.05) is 18.2 Å². The van der Waals surface area contributed by atoms with Gasteiger partial charge < -0.3 is 18.9 Å². The van der Waals surface area contributed by atoms with Crippen LogP contribution >= 0.6 is 11.8 Å². The van der Waals surface area contributed by atoms with Gasteiger partial charge in [-0.3, -0.25) is 10.2 Å². The molecule has 2 heterocycles. The highest BCUT2D eigenvalue weighted by molar-refractivity contribution is 8.26. The van der Waals surface area contributed by atoms with E-state index in [2.05, 4.69) is 30.9 Å². The summed E-state index contributed by atoms with van der Waals surface area (Å²) in [6, 6.07) is 11.3. The molecule has 0 spiro atoms. The van der Waals surface area contributed by atoms with E-state index in [0.717, 1.165) is 23.6 Å². The molecule has 1 N–H and O–H groups in total. The highest BCUT2D eigenvalue weighted by Crippen LogP contribution is 2.32. The molecule has 1 amide bonds. The predicted molar refractivity (Wildman–Crippen MR) is 151 cm³/mol. The second kappa shape index (κ2) is 12.7. The van der Waals surface area contributed by atoms with Gasteiger partial charge in [-0.15, -0.1) is 0 Å². The summed E-state index contributed by atoms with van der Waals surface area (Å²) in [5.41, 5.74) is 3.28. The number of hydrazone groups is 1. The molecule has 200 valence electrons. The topological polar surface area (TPSA) is 106 Å². The summed E-state index contributed by atoms with van der Waals surface area (Å²) in [6.45, 7) is 7.82. The van der Waals surface area contributed by atoms with Crippen LogP contribution in [0.25, 0.3) is 6.08 Å². The van der Waals surface area contributed by atoms with Crippen molar-refractivity contribution in [3.63, 3.8) is 0 Å². The molecule has 0 fully saturated rings. The van der Waals surface area contributed by atoms with Crippen molar-refractivity contribution >= 4 is 39.8 Å². The maximum atomic E-state index is 12.6. The number of amides is 1. The first-order chi connectivity index (χ1) is 18.4. The molecule has 0 aromatic heterocycles. The third kappa shape index (κ3) is 6.62. The van der Waals surface area contributed by atoms with Crippen LogP contribution in [0, 0.1) is 19.3 Å². The lowest BCUT2D eigenvalue weighted by Gasteiger charge is -2.20. The van der Waals surface area contributed by atoms with Crippen molar-refractivity contribution in [1.82, 2.24) is 5.01 Å². The number of hydrogen-bond donors (Lipinski definition) is 1. The SMILES string of the molecule is CCCC1=NN2C(=N)/C(=C/c3ccc(OCCOCCOc4ccc(C)c(C)c4)c(OC)c3)C(=O)N=C2S1. The minimum absolute atomic E-state index is 0.0107. The Balaban J connectivity index is 1.29. The molecule has 2 aromatic rings. The number of aryl methyl sites for hydroxylation is 2. The van der Waals surface area contributed by atoms with Gasteiger partial charge in [0.25, 0.3) is 5.91 Å². The maximum Gasteiger partial charge on any atom is 0.283 e. The molecule has 0 radical (unpaired) electrons. The summed E-state index contributed by atoms with van der Waals surface area (Å²) in [4.78, 5) is 16.8. The fourth-order valence-corrected chi connectivity index (χ4v) is 4.73. The number of fused-ring (bicyclic) bond motifs is 1. The summed E-state index contributed by atoms with van der Waals surface area (Å²) in [5, 5.41) is 15.6. The van der Waals surface area contributed by atoms with E-state index in [4.69, 9.17) is 24.4 Å². The van der Waals surface area contributed by atoms with Crippen LogP contribution in [-0.4, -0.2) is 60.5 Å². The van der Waals surface area contributed by atoms with Gasteiger partial charge in [0, 0.05) is 0 Å².